The summed E-state index contributed by atoms with van der Waals surface area (Å²) in [7, 11) is 0. The Bertz CT molecular complexity index is 2630. The maximum atomic E-state index is 11.8. The number of hydrogen-bond donors (Lipinski definition) is 7. The number of carboxylic acid groups (broad SMARTS) is 1. The van der Waals surface area contributed by atoms with Crippen LogP contribution in [0, 0.1) is 0 Å². The summed E-state index contributed by atoms with van der Waals surface area (Å²) in [6, 6.07) is 16.1. The van der Waals surface area contributed by atoms with Crippen LogP contribution in [0.25, 0.3) is 55.5 Å². The SMILES string of the molecule is O=C(O)c1cc2occc2[nH]1.O=C(S)c1cc2occc2[nH]1.O=C(SCCl)c1cc2occc2[nH]1.O=C(SCF)c1cc2occc2[nH]1.O=C(SCI)c1cc2occc2[nH]1. The summed E-state index contributed by atoms with van der Waals surface area (Å²) in [5.41, 5.74) is 9.40. The van der Waals surface area contributed by atoms with Crippen molar-refractivity contribution in [1.82, 2.24) is 24.9 Å². The van der Waals surface area contributed by atoms with Gasteiger partial charge in [0.1, 0.15) is 11.7 Å². The van der Waals surface area contributed by atoms with Crippen LogP contribution in [0.5, 0.6) is 0 Å². The molecule has 10 heterocycles. The van der Waals surface area contributed by atoms with Crippen LogP contribution in [0.1, 0.15) is 52.4 Å². The normalized spacial score (nSPS) is 10.8. The van der Waals surface area contributed by atoms with Gasteiger partial charge in [0.05, 0.1) is 90.6 Å². The molecule has 61 heavy (non-hydrogen) atoms. The van der Waals surface area contributed by atoms with Gasteiger partial charge in [0.15, 0.2) is 27.9 Å². The van der Waals surface area contributed by atoms with Crippen molar-refractivity contribution in [2.24, 2.45) is 0 Å². The number of fused-ring (bicyclic) bond motifs is 5. The molecule has 0 bridgehead atoms. The Morgan fingerprint density at radius 3 is 1.18 bits per heavy atom. The fraction of sp³-hybridized carbons (Fsp3) is 0.0789. The van der Waals surface area contributed by atoms with E-state index >= 15 is 0 Å². The summed E-state index contributed by atoms with van der Waals surface area (Å²) in [5, 5.41) is 8.19. The average molecular weight is 1040 g/mol. The second-order valence-corrected chi connectivity index (χ2v) is 17.2. The fourth-order valence-corrected chi connectivity index (χ4v) is 7.54. The van der Waals surface area contributed by atoms with Crippen LogP contribution < -0.4 is 0 Å². The van der Waals surface area contributed by atoms with Crippen molar-refractivity contribution in [2.75, 3.05) is 15.0 Å². The van der Waals surface area contributed by atoms with Gasteiger partial charge in [0.2, 0.25) is 20.5 Å². The number of aromatic nitrogens is 5. The molecule has 316 valence electrons. The lowest BCUT2D eigenvalue weighted by Gasteiger charge is -1.91. The highest BCUT2D eigenvalue weighted by molar-refractivity contribution is 14.1. The van der Waals surface area contributed by atoms with Gasteiger partial charge in [0.25, 0.3) is 0 Å². The summed E-state index contributed by atoms with van der Waals surface area (Å²) in [4.78, 5) is 69.3. The Labute approximate surface area is 377 Å². The van der Waals surface area contributed by atoms with Gasteiger partial charge in [-0.25, -0.2) is 9.18 Å². The van der Waals surface area contributed by atoms with Gasteiger partial charge in [-0.1, -0.05) is 58.7 Å². The number of furan rings is 5. The molecule has 0 saturated carbocycles. The quantitative estimate of drug-likeness (QED) is 0.0425. The first-order chi connectivity index (χ1) is 29.5. The molecule has 0 atom stereocenters. The number of rotatable bonds is 8. The Balaban J connectivity index is 0.000000128. The van der Waals surface area contributed by atoms with E-state index in [-0.39, 0.29) is 31.4 Å². The van der Waals surface area contributed by atoms with E-state index in [1.165, 1.54) is 30.4 Å². The number of nitrogens with one attached hydrogen (secondary N) is 5. The second-order valence-electron chi connectivity index (χ2n) is 11.6. The smallest absolute Gasteiger partial charge is 0.352 e. The van der Waals surface area contributed by atoms with E-state index < -0.39 is 12.0 Å². The van der Waals surface area contributed by atoms with Crippen LogP contribution in [0.2, 0.25) is 0 Å². The molecule has 10 rings (SSSR count). The minimum absolute atomic E-state index is 0.0563. The highest BCUT2D eigenvalue weighted by Crippen LogP contribution is 2.23. The van der Waals surface area contributed by atoms with Crippen molar-refractivity contribution < 1.29 is 55.6 Å². The summed E-state index contributed by atoms with van der Waals surface area (Å²) in [6.45, 7) is 0. The number of halogens is 3. The summed E-state index contributed by atoms with van der Waals surface area (Å²) in [6.07, 6.45) is 7.77. The van der Waals surface area contributed by atoms with Gasteiger partial charge in [-0.2, -0.15) is 0 Å². The lowest BCUT2D eigenvalue weighted by Crippen LogP contribution is -1.94. The van der Waals surface area contributed by atoms with E-state index in [1.807, 2.05) is 0 Å². The van der Waals surface area contributed by atoms with Crippen molar-refractivity contribution in [3.8, 4) is 0 Å². The van der Waals surface area contributed by atoms with Crippen LogP contribution in [0.15, 0.2) is 114 Å². The molecule has 0 aromatic carbocycles. The predicted molar refractivity (Wildman–Crippen MR) is 244 cm³/mol. The maximum Gasteiger partial charge on any atom is 0.352 e. The van der Waals surface area contributed by atoms with Crippen LogP contribution in [-0.4, -0.2) is 71.4 Å². The fourth-order valence-electron chi connectivity index (χ4n) is 5.18. The zero-order valence-corrected chi connectivity index (χ0v) is 36.9. The van der Waals surface area contributed by atoms with Crippen molar-refractivity contribution in [2.45, 2.75) is 0 Å². The van der Waals surface area contributed by atoms with Crippen LogP contribution in [-0.2, 0) is 0 Å². The first-order valence-corrected chi connectivity index (χ1v) is 22.4. The van der Waals surface area contributed by atoms with Crippen LogP contribution >= 0.6 is 82.1 Å². The largest absolute Gasteiger partial charge is 0.477 e. The number of aromatic amines is 5. The molecule has 16 nitrogen and oxygen atoms in total. The number of hydrogen-bond acceptors (Lipinski definition) is 13. The van der Waals surface area contributed by atoms with Crippen molar-refractivity contribution in [1.29, 1.82) is 0 Å². The van der Waals surface area contributed by atoms with Gasteiger partial charge in [-0.15, -0.1) is 11.6 Å². The molecule has 10 aromatic rings. The molecule has 6 N–H and O–H groups in total. The molecular weight excluding hydrogens is 1010 g/mol. The van der Waals surface area contributed by atoms with Crippen molar-refractivity contribution >= 4 is 164 Å². The lowest BCUT2D eigenvalue weighted by molar-refractivity contribution is 0.0690. The number of carboxylic acids is 1. The van der Waals surface area contributed by atoms with Crippen molar-refractivity contribution in [3.05, 3.63) is 120 Å². The molecule has 0 spiro atoms. The zero-order chi connectivity index (χ0) is 43.5. The van der Waals surface area contributed by atoms with Gasteiger partial charge < -0.3 is 52.1 Å². The van der Waals surface area contributed by atoms with Crippen LogP contribution in [0.4, 0.5) is 4.39 Å². The number of H-pyrrole nitrogens is 5. The topological polar surface area (TPSA) is 250 Å². The number of thioether (sulfide) groups is 3. The van der Waals surface area contributed by atoms with Gasteiger partial charge in [-0.05, 0) is 11.8 Å². The first kappa shape index (κ1) is 45.1. The Kier molecular flexibility index (Phi) is 15.8. The van der Waals surface area contributed by atoms with E-state index in [4.69, 9.17) is 38.8 Å². The highest BCUT2D eigenvalue weighted by Gasteiger charge is 2.13. The molecule has 0 radical (unpaired) electrons. The van der Waals surface area contributed by atoms with Gasteiger partial charge >= 0.3 is 5.97 Å². The molecule has 0 aliphatic rings. The molecule has 10 aromatic heterocycles. The first-order valence-electron chi connectivity index (χ1n) is 16.9. The van der Waals surface area contributed by atoms with Crippen LogP contribution in [0.3, 0.4) is 0 Å². The zero-order valence-electron chi connectivity index (χ0n) is 30.6. The van der Waals surface area contributed by atoms with Gasteiger partial charge in [0, 0.05) is 60.7 Å². The predicted octanol–water partition coefficient (Wildman–Crippen LogP) is 11.7. The minimum Gasteiger partial charge on any atom is -0.477 e. The Morgan fingerprint density at radius 2 is 0.869 bits per heavy atom. The Morgan fingerprint density at radius 1 is 0.557 bits per heavy atom. The van der Waals surface area contributed by atoms with E-state index in [2.05, 4.69) is 60.1 Å². The summed E-state index contributed by atoms with van der Waals surface area (Å²) in [5.74, 6) is -0.976. The average Bonchev–Trinajstić information content (AvgIpc) is 4.04. The maximum absolute atomic E-state index is 11.8. The summed E-state index contributed by atoms with van der Waals surface area (Å²) >= 11 is 14.2. The molecule has 0 aliphatic heterocycles. The molecule has 0 unspecified atom stereocenters. The molecule has 0 fully saturated rings. The van der Waals surface area contributed by atoms with E-state index in [9.17, 15) is 28.4 Å². The second kappa shape index (κ2) is 21.4. The van der Waals surface area contributed by atoms with Crippen molar-refractivity contribution in [3.63, 3.8) is 0 Å². The standard InChI is InChI=1S/C8H6ClNO2S.C8H6FNO2S.C8H6INO2S.C7H5NO3.C7H5NO2S/c3*9-4-13-8(11)6-3-7-5(10-6)1-2-12-7;9-7(10)5-3-6-4(8-5)1-2-11-6;9-7(11)5-3-6-4(8-5)1-2-10-6/h3*1-3,10H,4H2;1-3,8H,(H,9,10);1-3,8H,(H,9,11). The highest BCUT2D eigenvalue weighted by atomic mass is 127. The lowest BCUT2D eigenvalue weighted by atomic mass is 10.4. The van der Waals surface area contributed by atoms with E-state index in [1.54, 1.807) is 73.4 Å². The third kappa shape index (κ3) is 11.7. The molecule has 0 saturated heterocycles. The molecular formula is C38H28ClFIN5O11S4. The monoisotopic (exact) mass is 1040 g/mol. The van der Waals surface area contributed by atoms with E-state index in [0.29, 0.717) is 62.4 Å². The Hall–Kier alpha value is -5.40. The molecule has 23 heteroatoms. The molecule has 0 amide bonds. The number of aromatic carboxylic acids is 1. The summed E-state index contributed by atoms with van der Waals surface area (Å²) < 4.78 is 37.8. The minimum atomic E-state index is -0.976. The van der Waals surface area contributed by atoms with E-state index in [0.717, 1.165) is 43.2 Å². The molecule has 0 aliphatic carbocycles. The number of thiol groups is 1. The number of carbonyl (C=O) groups is 5. The number of alkyl halides is 3. The third-order valence-corrected chi connectivity index (χ3v) is 11.2. The third-order valence-electron chi connectivity index (χ3n) is 7.88. The number of carbonyl (C=O) groups excluding carboxylic acids is 4. The van der Waals surface area contributed by atoms with Gasteiger partial charge in [-0.3, -0.25) is 19.2 Å².